The highest BCUT2D eigenvalue weighted by Crippen LogP contribution is 2.40. The number of benzene rings is 1. The summed E-state index contributed by atoms with van der Waals surface area (Å²) in [5.74, 6) is 2.08. The molecular weight excluding hydrogens is 274 g/mol. The molecule has 0 spiro atoms. The second-order valence-electron chi connectivity index (χ2n) is 6.20. The number of thioether (sulfide) groups is 1. The maximum Gasteiger partial charge on any atom is 0.0406 e. The van der Waals surface area contributed by atoms with Crippen molar-refractivity contribution >= 4 is 23.4 Å². The van der Waals surface area contributed by atoms with Crippen molar-refractivity contribution < 1.29 is 0 Å². The van der Waals surface area contributed by atoms with Crippen LogP contribution in [0.15, 0.2) is 24.3 Å². The lowest BCUT2D eigenvalue weighted by Crippen LogP contribution is -2.45. The van der Waals surface area contributed by atoms with E-state index in [2.05, 4.69) is 36.1 Å². The van der Waals surface area contributed by atoms with E-state index in [-0.39, 0.29) is 0 Å². The molecule has 104 valence electrons. The molecule has 2 aliphatic rings. The van der Waals surface area contributed by atoms with E-state index in [1.165, 1.54) is 43.5 Å². The second kappa shape index (κ2) is 5.67. The first-order valence-electron chi connectivity index (χ1n) is 7.27. The number of hydrogen-bond donors (Lipinski definition) is 1. The van der Waals surface area contributed by atoms with Gasteiger partial charge in [-0.15, -0.1) is 0 Å². The minimum absolute atomic E-state index is 0.491. The minimum atomic E-state index is 0.491. The van der Waals surface area contributed by atoms with Crippen LogP contribution in [0, 0.1) is 0 Å². The van der Waals surface area contributed by atoms with Crippen LogP contribution >= 0.6 is 23.4 Å². The summed E-state index contributed by atoms with van der Waals surface area (Å²) in [5.41, 5.74) is 1.45. The Morgan fingerprint density at radius 3 is 2.68 bits per heavy atom. The lowest BCUT2D eigenvalue weighted by molar-refractivity contribution is 0.283. The molecule has 1 saturated heterocycles. The van der Waals surface area contributed by atoms with Crippen molar-refractivity contribution in [3.63, 3.8) is 0 Å². The fourth-order valence-electron chi connectivity index (χ4n) is 3.13. The third-order valence-electron chi connectivity index (χ3n) is 4.54. The molecule has 1 aliphatic carbocycles. The van der Waals surface area contributed by atoms with Gasteiger partial charge in [0.05, 0.1) is 0 Å². The molecule has 2 fully saturated rings. The maximum absolute atomic E-state index is 5.93. The maximum atomic E-state index is 5.93. The zero-order valence-electron chi connectivity index (χ0n) is 11.5. The van der Waals surface area contributed by atoms with Crippen molar-refractivity contribution in [2.24, 2.45) is 0 Å². The van der Waals surface area contributed by atoms with Gasteiger partial charge in [0.15, 0.2) is 0 Å². The summed E-state index contributed by atoms with van der Waals surface area (Å²) in [5, 5.41) is 4.60. The van der Waals surface area contributed by atoms with Gasteiger partial charge in [0.1, 0.15) is 0 Å². The molecule has 3 heteroatoms. The lowest BCUT2D eigenvalue weighted by atomic mass is 9.76. The summed E-state index contributed by atoms with van der Waals surface area (Å²) in [6.07, 6.45) is 5.32. The molecule has 19 heavy (non-hydrogen) atoms. The average Bonchev–Trinajstić information content (AvgIpc) is 2.77. The molecule has 0 aromatic heterocycles. The molecule has 0 amide bonds. The van der Waals surface area contributed by atoms with E-state index in [9.17, 15) is 0 Å². The third-order valence-corrected chi connectivity index (χ3v) is 6.33. The highest BCUT2D eigenvalue weighted by molar-refractivity contribution is 8.00. The van der Waals surface area contributed by atoms with Gasteiger partial charge in [-0.3, -0.25) is 0 Å². The second-order valence-corrected chi connectivity index (χ2v) is 8.32. The van der Waals surface area contributed by atoms with Gasteiger partial charge in [0.25, 0.3) is 0 Å². The Morgan fingerprint density at radius 1 is 1.32 bits per heavy atom. The van der Waals surface area contributed by atoms with Crippen molar-refractivity contribution in [2.75, 3.05) is 12.3 Å². The smallest absolute Gasteiger partial charge is 0.0406 e. The molecule has 0 bridgehead atoms. The fraction of sp³-hybridized carbons (Fsp3) is 0.625. The predicted molar refractivity (Wildman–Crippen MR) is 85.3 cm³/mol. The van der Waals surface area contributed by atoms with E-state index in [1.807, 2.05) is 12.1 Å². The van der Waals surface area contributed by atoms with E-state index >= 15 is 0 Å². The fourth-order valence-corrected chi connectivity index (χ4v) is 4.51. The highest BCUT2D eigenvalue weighted by atomic mass is 35.5. The molecular formula is C16H22ClNS. The summed E-state index contributed by atoms with van der Waals surface area (Å²) in [7, 11) is 0. The van der Waals surface area contributed by atoms with Crippen LogP contribution in [0.2, 0.25) is 5.02 Å². The van der Waals surface area contributed by atoms with Gasteiger partial charge in [0.2, 0.25) is 0 Å². The van der Waals surface area contributed by atoms with E-state index in [4.69, 9.17) is 11.6 Å². The van der Waals surface area contributed by atoms with Gasteiger partial charge in [-0.05, 0) is 62.0 Å². The topological polar surface area (TPSA) is 12.0 Å². The van der Waals surface area contributed by atoms with Crippen molar-refractivity contribution in [1.29, 1.82) is 0 Å². The molecule has 3 rings (SSSR count). The normalized spacial score (nSPS) is 34.2. The van der Waals surface area contributed by atoms with Gasteiger partial charge in [-0.1, -0.05) is 23.7 Å². The molecule has 1 heterocycles. The van der Waals surface area contributed by atoms with Gasteiger partial charge in [-0.25, -0.2) is 0 Å². The van der Waals surface area contributed by atoms with Crippen LogP contribution in [0.3, 0.4) is 0 Å². The van der Waals surface area contributed by atoms with E-state index in [1.54, 1.807) is 0 Å². The van der Waals surface area contributed by atoms with Gasteiger partial charge < -0.3 is 5.32 Å². The molecule has 1 unspecified atom stereocenters. The third kappa shape index (κ3) is 3.29. The summed E-state index contributed by atoms with van der Waals surface area (Å²) < 4.78 is 0.491. The van der Waals surface area contributed by atoms with E-state index in [0.29, 0.717) is 4.75 Å². The Morgan fingerprint density at radius 2 is 2.05 bits per heavy atom. The SMILES string of the molecule is CC1(CNC2CC(c3ccc(Cl)cc3)C2)CCCS1. The summed E-state index contributed by atoms with van der Waals surface area (Å²) in [6.45, 7) is 3.59. The molecule has 1 nitrogen and oxygen atoms in total. The van der Waals surface area contributed by atoms with E-state index in [0.717, 1.165) is 17.0 Å². The van der Waals surface area contributed by atoms with Gasteiger partial charge >= 0.3 is 0 Å². The Labute approximate surface area is 125 Å². The van der Waals surface area contributed by atoms with Crippen molar-refractivity contribution in [1.82, 2.24) is 5.32 Å². The minimum Gasteiger partial charge on any atom is -0.313 e. The van der Waals surface area contributed by atoms with Crippen LogP contribution in [-0.2, 0) is 0 Å². The van der Waals surface area contributed by atoms with Crippen LogP contribution in [0.25, 0.3) is 0 Å². The summed E-state index contributed by atoms with van der Waals surface area (Å²) in [6, 6.07) is 9.09. The molecule has 1 aromatic rings. The number of rotatable bonds is 4. The number of hydrogen-bond acceptors (Lipinski definition) is 2. The standard InChI is InChI=1S/C16H22ClNS/c1-16(7-2-8-19-16)11-18-15-9-13(10-15)12-3-5-14(17)6-4-12/h3-6,13,15,18H,2,7-11H2,1H3. The Kier molecular flexibility index (Phi) is 4.11. The molecule has 1 N–H and O–H groups in total. The molecule has 1 atom stereocenters. The summed E-state index contributed by atoms with van der Waals surface area (Å²) in [4.78, 5) is 0. The van der Waals surface area contributed by atoms with Crippen molar-refractivity contribution in [3.8, 4) is 0 Å². The van der Waals surface area contributed by atoms with Crippen LogP contribution < -0.4 is 5.32 Å². The zero-order chi connectivity index (χ0) is 13.3. The highest BCUT2D eigenvalue weighted by Gasteiger charge is 2.34. The molecule has 1 aliphatic heterocycles. The molecule has 1 saturated carbocycles. The monoisotopic (exact) mass is 295 g/mol. The first kappa shape index (κ1) is 13.8. The number of halogens is 1. The predicted octanol–water partition coefficient (Wildman–Crippen LogP) is 4.46. The first-order valence-corrected chi connectivity index (χ1v) is 8.64. The van der Waals surface area contributed by atoms with Crippen LogP contribution in [-0.4, -0.2) is 23.1 Å². The molecule has 1 aromatic carbocycles. The van der Waals surface area contributed by atoms with Crippen LogP contribution in [0.4, 0.5) is 0 Å². The summed E-state index contributed by atoms with van der Waals surface area (Å²) >= 11 is 8.07. The van der Waals surface area contributed by atoms with Crippen LogP contribution in [0.1, 0.15) is 44.1 Å². The van der Waals surface area contributed by atoms with Crippen molar-refractivity contribution in [2.45, 2.75) is 49.3 Å². The average molecular weight is 296 g/mol. The van der Waals surface area contributed by atoms with E-state index < -0.39 is 0 Å². The van der Waals surface area contributed by atoms with Gasteiger partial charge in [-0.2, -0.15) is 11.8 Å². The zero-order valence-corrected chi connectivity index (χ0v) is 13.1. The van der Waals surface area contributed by atoms with Gasteiger partial charge in [0, 0.05) is 22.4 Å². The Balaban J connectivity index is 1.44. The molecule has 0 radical (unpaired) electrons. The lowest BCUT2D eigenvalue weighted by Gasteiger charge is -2.38. The first-order chi connectivity index (χ1) is 9.15. The number of nitrogens with one attached hydrogen (secondary N) is 1. The quantitative estimate of drug-likeness (QED) is 0.880. The van der Waals surface area contributed by atoms with Crippen molar-refractivity contribution in [3.05, 3.63) is 34.9 Å². The largest absolute Gasteiger partial charge is 0.313 e. The Bertz CT molecular complexity index is 419. The van der Waals surface area contributed by atoms with Crippen LogP contribution in [0.5, 0.6) is 0 Å². The Hall–Kier alpha value is -0.180.